The van der Waals surface area contributed by atoms with E-state index in [-0.39, 0.29) is 26.1 Å². The standard InChI is InChI=1S/C40H66O10/c1-3-5-7-9-11-13-15-17-19-21-23-25-27-29-36(43)49-33(32-48-40-39(46)38(45)37(44)34(30-41)50-40)31-47-35(42)28-26-24-22-20-18-16-14-12-10-8-6-4-2/h5,7,9,11,13,15,17,19,21,23,33-34,37-41,44-46H,3-4,6,8,10,12,14,16,18,20,22,24-32H2,1-2H3/b7-5+,11-9+,15-13+,19-17+,23-21+/t33?,34-,37+,38?,39?,40-/m0/s1. The molecule has 1 aliphatic heterocycles. The summed E-state index contributed by atoms with van der Waals surface area (Å²) in [6.07, 6.45) is 28.2. The van der Waals surface area contributed by atoms with E-state index in [4.69, 9.17) is 18.9 Å². The highest BCUT2D eigenvalue weighted by Gasteiger charge is 2.44. The normalized spacial score (nSPS) is 22.1. The van der Waals surface area contributed by atoms with Gasteiger partial charge in [0.05, 0.1) is 13.2 Å². The van der Waals surface area contributed by atoms with Gasteiger partial charge in [-0.25, -0.2) is 0 Å². The van der Waals surface area contributed by atoms with E-state index in [1.807, 2.05) is 54.7 Å². The third-order valence-electron chi connectivity index (χ3n) is 8.29. The number of carbonyl (C=O) groups excluding carboxylic acids is 2. The zero-order valence-electron chi connectivity index (χ0n) is 30.6. The smallest absolute Gasteiger partial charge is 0.306 e. The van der Waals surface area contributed by atoms with Crippen molar-refractivity contribution in [2.75, 3.05) is 19.8 Å². The van der Waals surface area contributed by atoms with Crippen LogP contribution < -0.4 is 0 Å². The van der Waals surface area contributed by atoms with Crippen LogP contribution >= 0.6 is 0 Å². The molecule has 3 unspecified atom stereocenters. The van der Waals surface area contributed by atoms with Crippen molar-refractivity contribution in [1.29, 1.82) is 0 Å². The summed E-state index contributed by atoms with van der Waals surface area (Å²) in [7, 11) is 0. The Kier molecular flexibility index (Phi) is 28.3. The third kappa shape index (κ3) is 23.0. The second-order valence-corrected chi connectivity index (χ2v) is 12.8. The molecule has 50 heavy (non-hydrogen) atoms. The predicted molar refractivity (Wildman–Crippen MR) is 196 cm³/mol. The molecule has 1 fully saturated rings. The van der Waals surface area contributed by atoms with Gasteiger partial charge in [0.15, 0.2) is 12.4 Å². The summed E-state index contributed by atoms with van der Waals surface area (Å²) in [6.45, 7) is 3.16. The minimum Gasteiger partial charge on any atom is -0.462 e. The van der Waals surface area contributed by atoms with E-state index in [9.17, 15) is 30.0 Å². The molecule has 0 bridgehead atoms. The van der Waals surface area contributed by atoms with Gasteiger partial charge in [-0.2, -0.15) is 0 Å². The number of aliphatic hydroxyl groups is 4. The predicted octanol–water partition coefficient (Wildman–Crippen LogP) is 6.71. The van der Waals surface area contributed by atoms with Gasteiger partial charge in [-0.1, -0.05) is 145 Å². The van der Waals surface area contributed by atoms with Crippen molar-refractivity contribution in [2.24, 2.45) is 0 Å². The van der Waals surface area contributed by atoms with E-state index in [1.165, 1.54) is 51.4 Å². The number of ether oxygens (including phenoxy) is 4. The molecule has 0 spiro atoms. The molecule has 6 atom stereocenters. The van der Waals surface area contributed by atoms with Gasteiger partial charge in [0.25, 0.3) is 0 Å². The average molecular weight is 707 g/mol. The van der Waals surface area contributed by atoms with Gasteiger partial charge in [-0.05, 0) is 25.7 Å². The minimum absolute atomic E-state index is 0.132. The molecule has 0 aromatic heterocycles. The van der Waals surface area contributed by atoms with Gasteiger partial charge < -0.3 is 39.4 Å². The molecular formula is C40H66O10. The number of hydrogen-bond acceptors (Lipinski definition) is 10. The highest BCUT2D eigenvalue weighted by molar-refractivity contribution is 5.70. The largest absolute Gasteiger partial charge is 0.462 e. The summed E-state index contributed by atoms with van der Waals surface area (Å²) in [5, 5.41) is 39.9. The van der Waals surface area contributed by atoms with E-state index in [0.29, 0.717) is 19.3 Å². The van der Waals surface area contributed by atoms with Gasteiger partial charge in [-0.15, -0.1) is 0 Å². The van der Waals surface area contributed by atoms with Crippen molar-refractivity contribution in [3.8, 4) is 0 Å². The van der Waals surface area contributed by atoms with Crippen LogP contribution in [0.5, 0.6) is 0 Å². The van der Waals surface area contributed by atoms with Crippen LogP contribution in [0.25, 0.3) is 0 Å². The maximum absolute atomic E-state index is 12.6. The van der Waals surface area contributed by atoms with Gasteiger partial charge in [0.1, 0.15) is 31.0 Å². The molecule has 1 aliphatic rings. The molecule has 0 radical (unpaired) electrons. The molecule has 0 amide bonds. The van der Waals surface area contributed by atoms with Crippen molar-refractivity contribution in [3.05, 3.63) is 60.8 Å². The summed E-state index contributed by atoms with van der Waals surface area (Å²) < 4.78 is 21.9. The van der Waals surface area contributed by atoms with E-state index < -0.39 is 55.4 Å². The Hall–Kier alpha value is -2.60. The van der Waals surface area contributed by atoms with Gasteiger partial charge in [0.2, 0.25) is 0 Å². The lowest BCUT2D eigenvalue weighted by molar-refractivity contribution is -0.305. The van der Waals surface area contributed by atoms with E-state index in [1.54, 1.807) is 0 Å². The highest BCUT2D eigenvalue weighted by atomic mass is 16.7. The zero-order valence-corrected chi connectivity index (χ0v) is 30.6. The Morgan fingerprint density at radius 1 is 0.640 bits per heavy atom. The van der Waals surface area contributed by atoms with Crippen LogP contribution in [0.3, 0.4) is 0 Å². The first kappa shape index (κ1) is 45.4. The van der Waals surface area contributed by atoms with Crippen molar-refractivity contribution >= 4 is 11.9 Å². The number of aliphatic hydroxyl groups excluding tert-OH is 4. The van der Waals surface area contributed by atoms with Gasteiger partial charge >= 0.3 is 11.9 Å². The van der Waals surface area contributed by atoms with Crippen LogP contribution in [0.4, 0.5) is 0 Å². The van der Waals surface area contributed by atoms with Gasteiger partial charge in [-0.3, -0.25) is 9.59 Å². The maximum Gasteiger partial charge on any atom is 0.306 e. The van der Waals surface area contributed by atoms with Crippen molar-refractivity contribution in [1.82, 2.24) is 0 Å². The van der Waals surface area contributed by atoms with Crippen molar-refractivity contribution < 1.29 is 49.0 Å². The summed E-state index contributed by atoms with van der Waals surface area (Å²) in [6, 6.07) is 0. The first-order valence-corrected chi connectivity index (χ1v) is 18.9. The number of carbonyl (C=O) groups is 2. The number of hydrogen-bond donors (Lipinski definition) is 4. The molecule has 0 aromatic carbocycles. The Bertz CT molecular complexity index is 1000. The lowest BCUT2D eigenvalue weighted by Gasteiger charge is -2.39. The van der Waals surface area contributed by atoms with Crippen LogP contribution in [-0.4, -0.2) is 89.0 Å². The quantitative estimate of drug-likeness (QED) is 0.0375. The lowest BCUT2D eigenvalue weighted by Crippen LogP contribution is -2.59. The molecule has 4 N–H and O–H groups in total. The fraction of sp³-hybridized carbons (Fsp3) is 0.700. The fourth-order valence-electron chi connectivity index (χ4n) is 5.28. The Morgan fingerprint density at radius 3 is 1.76 bits per heavy atom. The second kappa shape index (κ2) is 31.2. The molecule has 1 heterocycles. The maximum atomic E-state index is 12.6. The summed E-state index contributed by atoms with van der Waals surface area (Å²) in [5.74, 6) is -0.899. The molecule has 1 saturated heterocycles. The van der Waals surface area contributed by atoms with Crippen molar-refractivity contribution in [2.45, 2.75) is 160 Å². The first-order valence-electron chi connectivity index (χ1n) is 18.9. The molecule has 286 valence electrons. The minimum atomic E-state index is -1.61. The monoisotopic (exact) mass is 706 g/mol. The highest BCUT2D eigenvalue weighted by Crippen LogP contribution is 2.22. The number of esters is 2. The molecule has 10 nitrogen and oxygen atoms in total. The molecule has 0 aliphatic carbocycles. The fourth-order valence-corrected chi connectivity index (χ4v) is 5.28. The average Bonchev–Trinajstić information content (AvgIpc) is 3.11. The number of rotatable bonds is 29. The van der Waals surface area contributed by atoms with Crippen LogP contribution in [0.2, 0.25) is 0 Å². The molecular weight excluding hydrogens is 640 g/mol. The summed E-state index contributed by atoms with van der Waals surface area (Å²) in [5.41, 5.74) is 0. The molecule has 1 rings (SSSR count). The SMILES string of the molecule is CC/C=C/C=C/C=C/C=C/C=C/CCCC(=O)OC(COC(=O)CCCCCCCCCCCCCC)CO[C@H]1O[C@@H](CO)[C@@H](O)C(O)C1O. The van der Waals surface area contributed by atoms with Crippen LogP contribution in [-0.2, 0) is 28.5 Å². The molecule has 0 aromatic rings. The Labute approximate surface area is 300 Å². The first-order chi connectivity index (χ1) is 24.3. The Balaban J connectivity index is 2.48. The Morgan fingerprint density at radius 2 is 1.18 bits per heavy atom. The van der Waals surface area contributed by atoms with Crippen LogP contribution in [0.1, 0.15) is 123 Å². The topological polar surface area (TPSA) is 152 Å². The van der Waals surface area contributed by atoms with Crippen LogP contribution in [0, 0.1) is 0 Å². The number of unbranched alkanes of at least 4 members (excludes halogenated alkanes) is 12. The summed E-state index contributed by atoms with van der Waals surface area (Å²) >= 11 is 0. The van der Waals surface area contributed by atoms with E-state index >= 15 is 0 Å². The summed E-state index contributed by atoms with van der Waals surface area (Å²) in [4.78, 5) is 25.1. The van der Waals surface area contributed by atoms with E-state index in [2.05, 4.69) is 19.9 Å². The van der Waals surface area contributed by atoms with E-state index in [0.717, 1.165) is 25.7 Å². The zero-order chi connectivity index (χ0) is 36.7. The second-order valence-electron chi connectivity index (χ2n) is 12.8. The lowest BCUT2D eigenvalue weighted by atomic mass is 9.99. The van der Waals surface area contributed by atoms with Crippen molar-refractivity contribution in [3.63, 3.8) is 0 Å². The number of allylic oxidation sites excluding steroid dienone is 10. The van der Waals surface area contributed by atoms with Crippen LogP contribution in [0.15, 0.2) is 60.8 Å². The van der Waals surface area contributed by atoms with Gasteiger partial charge in [0, 0.05) is 12.8 Å². The molecule has 10 heteroatoms. The molecule has 0 saturated carbocycles. The third-order valence-corrected chi connectivity index (χ3v) is 8.29.